The van der Waals surface area contributed by atoms with Crippen molar-refractivity contribution in [1.29, 1.82) is 0 Å². The number of nitrogens with zero attached hydrogens (tertiary/aromatic N) is 7. The zero-order chi connectivity index (χ0) is 40.7. The van der Waals surface area contributed by atoms with Gasteiger partial charge in [0, 0.05) is 81.5 Å². The van der Waals surface area contributed by atoms with Crippen LogP contribution in [-0.2, 0) is 21.4 Å². The normalized spacial score (nSPS) is 18.4. The standard InChI is InChI=1S/C42H47F2N9O5/c1-24(2)58-34-21-36-46-32(23-53(36)22-30(34)42(57)47-35-6-4-5-31(45-35)40(43)44)26-13-17-52(18-14-26)38(55)19-25-11-15-51(16-12-25)27-7-8-28-33(20-27)50(3)49-39(28)29-9-10-37(54)48-41(29)56/h4-8,20-26,29,40H,9-19H2,1-3H3,(H,45,47,57)(H,48,54,56)/t29-/m1/s1. The first kappa shape index (κ1) is 38.9. The molecule has 0 saturated carbocycles. The van der Waals surface area contributed by atoms with Gasteiger partial charge < -0.3 is 24.3 Å². The summed E-state index contributed by atoms with van der Waals surface area (Å²) in [6.07, 6.45) is 5.19. The second-order valence-electron chi connectivity index (χ2n) is 15.9. The summed E-state index contributed by atoms with van der Waals surface area (Å²) < 4.78 is 36.0. The quantitative estimate of drug-likeness (QED) is 0.159. The minimum Gasteiger partial charge on any atom is -0.490 e. The van der Waals surface area contributed by atoms with Crippen molar-refractivity contribution in [1.82, 2.24) is 34.4 Å². The van der Waals surface area contributed by atoms with Crippen molar-refractivity contribution in [2.45, 2.75) is 83.2 Å². The van der Waals surface area contributed by atoms with Gasteiger partial charge in [0.05, 0.1) is 34.5 Å². The van der Waals surface area contributed by atoms with E-state index in [0.29, 0.717) is 55.4 Å². The third-order valence-corrected chi connectivity index (χ3v) is 11.6. The van der Waals surface area contributed by atoms with E-state index in [2.05, 4.69) is 37.7 Å². The van der Waals surface area contributed by atoms with Gasteiger partial charge in [-0.2, -0.15) is 5.10 Å². The summed E-state index contributed by atoms with van der Waals surface area (Å²) in [6.45, 7) is 6.66. The van der Waals surface area contributed by atoms with Crippen LogP contribution in [0.3, 0.4) is 0 Å². The van der Waals surface area contributed by atoms with E-state index < -0.39 is 23.9 Å². The van der Waals surface area contributed by atoms with Gasteiger partial charge in [0.1, 0.15) is 22.9 Å². The molecule has 0 radical (unpaired) electrons. The number of imidazole rings is 1. The van der Waals surface area contributed by atoms with Crippen molar-refractivity contribution >= 4 is 51.7 Å². The predicted molar refractivity (Wildman–Crippen MR) is 212 cm³/mol. The number of hydrogen-bond acceptors (Lipinski definition) is 9. The van der Waals surface area contributed by atoms with Crippen LogP contribution in [0.15, 0.2) is 54.9 Å². The molecule has 3 aliphatic rings. The second kappa shape index (κ2) is 16.1. The number of hydrogen-bond donors (Lipinski definition) is 2. The first-order valence-electron chi connectivity index (χ1n) is 20.0. The van der Waals surface area contributed by atoms with Crippen LogP contribution in [0.2, 0.25) is 0 Å². The first-order valence-corrected chi connectivity index (χ1v) is 20.0. The van der Waals surface area contributed by atoms with E-state index in [1.807, 2.05) is 38.1 Å². The van der Waals surface area contributed by atoms with Crippen LogP contribution in [0.25, 0.3) is 16.6 Å². The Morgan fingerprint density at radius 2 is 1.74 bits per heavy atom. The van der Waals surface area contributed by atoms with Crippen LogP contribution in [-0.4, -0.2) is 85.0 Å². The number of amides is 4. The summed E-state index contributed by atoms with van der Waals surface area (Å²) in [7, 11) is 1.88. The highest BCUT2D eigenvalue weighted by Crippen LogP contribution is 2.35. The van der Waals surface area contributed by atoms with Crippen LogP contribution < -0.4 is 20.3 Å². The van der Waals surface area contributed by atoms with Crippen LogP contribution in [0.1, 0.15) is 104 Å². The molecule has 0 aliphatic carbocycles. The molecule has 14 nitrogen and oxygen atoms in total. The summed E-state index contributed by atoms with van der Waals surface area (Å²) in [5, 5.41) is 10.7. The van der Waals surface area contributed by atoms with Gasteiger partial charge in [-0.3, -0.25) is 29.2 Å². The number of rotatable bonds is 10. The number of fused-ring (bicyclic) bond motifs is 2. The Bertz CT molecular complexity index is 2380. The zero-order valence-electron chi connectivity index (χ0n) is 32.8. The molecule has 7 heterocycles. The zero-order valence-corrected chi connectivity index (χ0v) is 32.8. The van der Waals surface area contributed by atoms with Crippen molar-refractivity contribution in [2.24, 2.45) is 13.0 Å². The lowest BCUT2D eigenvalue weighted by molar-refractivity contribution is -0.135. The molecule has 1 atom stereocenters. The maximum atomic E-state index is 13.5. The Morgan fingerprint density at radius 1 is 0.966 bits per heavy atom. The number of carbonyl (C=O) groups is 4. The third-order valence-electron chi connectivity index (χ3n) is 11.6. The van der Waals surface area contributed by atoms with E-state index in [1.165, 1.54) is 18.2 Å². The average molecular weight is 796 g/mol. The molecule has 0 bridgehead atoms. The van der Waals surface area contributed by atoms with Crippen LogP contribution >= 0.6 is 0 Å². The Labute approximate surface area is 333 Å². The molecule has 1 aromatic carbocycles. The Hall–Kier alpha value is -5.93. The highest BCUT2D eigenvalue weighted by Gasteiger charge is 2.33. The van der Waals surface area contributed by atoms with Gasteiger partial charge in [-0.15, -0.1) is 0 Å². The number of halogens is 2. The highest BCUT2D eigenvalue weighted by atomic mass is 19.3. The SMILES string of the molecule is CC(C)Oc1cc2nc(C3CCN(C(=O)CC4CCN(c5ccc6c([C@H]7CCC(=O)NC7=O)nn(C)c6c5)CC4)CC3)cn2cc1C(=O)Nc1cccc(C(F)F)n1. The second-order valence-corrected chi connectivity index (χ2v) is 15.9. The Balaban J connectivity index is 0.857. The fourth-order valence-corrected chi connectivity index (χ4v) is 8.46. The van der Waals surface area contributed by atoms with Gasteiger partial charge in [-0.05, 0) is 82.2 Å². The molecule has 16 heteroatoms. The van der Waals surface area contributed by atoms with E-state index in [9.17, 15) is 28.0 Å². The number of pyridine rings is 2. The minimum absolute atomic E-state index is 0.0139. The number of anilines is 2. The number of piperidine rings is 3. The topological polar surface area (TPSA) is 156 Å². The number of likely N-dealkylation sites (tertiary alicyclic amines) is 1. The summed E-state index contributed by atoms with van der Waals surface area (Å²) in [4.78, 5) is 64.2. The monoisotopic (exact) mass is 795 g/mol. The lowest BCUT2D eigenvalue weighted by atomic mass is 9.90. The van der Waals surface area contributed by atoms with Gasteiger partial charge >= 0.3 is 0 Å². The Morgan fingerprint density at radius 3 is 2.47 bits per heavy atom. The summed E-state index contributed by atoms with van der Waals surface area (Å²) in [5.41, 5.74) is 4.00. The van der Waals surface area contributed by atoms with Crippen molar-refractivity contribution in [3.63, 3.8) is 0 Å². The summed E-state index contributed by atoms with van der Waals surface area (Å²) in [5.74, 6) is -0.562. The van der Waals surface area contributed by atoms with E-state index in [1.54, 1.807) is 21.3 Å². The number of aryl methyl sites for hydroxylation is 1. The molecule has 58 heavy (non-hydrogen) atoms. The van der Waals surface area contributed by atoms with E-state index in [-0.39, 0.29) is 41.1 Å². The molecule has 8 rings (SSSR count). The van der Waals surface area contributed by atoms with E-state index in [0.717, 1.165) is 61.1 Å². The molecule has 5 aromatic rings. The maximum Gasteiger partial charge on any atom is 0.280 e. The van der Waals surface area contributed by atoms with Crippen LogP contribution in [0.4, 0.5) is 20.3 Å². The fourth-order valence-electron chi connectivity index (χ4n) is 8.46. The van der Waals surface area contributed by atoms with Gasteiger partial charge in [-0.1, -0.05) is 6.07 Å². The third kappa shape index (κ3) is 8.09. The largest absolute Gasteiger partial charge is 0.490 e. The smallest absolute Gasteiger partial charge is 0.280 e. The molecular weight excluding hydrogens is 749 g/mol. The number of nitrogens with one attached hydrogen (secondary N) is 2. The molecule has 4 aromatic heterocycles. The van der Waals surface area contributed by atoms with Crippen molar-refractivity contribution in [3.05, 3.63) is 77.5 Å². The van der Waals surface area contributed by atoms with Gasteiger partial charge in [0.25, 0.3) is 12.3 Å². The maximum absolute atomic E-state index is 13.5. The number of alkyl halides is 2. The van der Waals surface area contributed by atoms with E-state index >= 15 is 0 Å². The minimum atomic E-state index is -2.76. The van der Waals surface area contributed by atoms with E-state index in [4.69, 9.17) is 9.72 Å². The molecule has 3 saturated heterocycles. The molecule has 3 aliphatic heterocycles. The molecule has 0 unspecified atom stereocenters. The molecule has 0 spiro atoms. The van der Waals surface area contributed by atoms with Gasteiger partial charge in [0.15, 0.2) is 0 Å². The lowest BCUT2D eigenvalue weighted by Gasteiger charge is -2.36. The fraction of sp³-hybridized carbons (Fsp3) is 0.452. The van der Waals surface area contributed by atoms with Crippen molar-refractivity contribution in [2.75, 3.05) is 36.4 Å². The number of carbonyl (C=O) groups excluding carboxylic acids is 4. The lowest BCUT2D eigenvalue weighted by Crippen LogP contribution is -2.40. The number of benzene rings is 1. The summed E-state index contributed by atoms with van der Waals surface area (Å²) >= 11 is 0. The average Bonchev–Trinajstić information content (AvgIpc) is 3.77. The first-order chi connectivity index (χ1) is 27.9. The highest BCUT2D eigenvalue weighted by molar-refractivity contribution is 6.06. The molecule has 304 valence electrons. The van der Waals surface area contributed by atoms with Crippen molar-refractivity contribution in [3.8, 4) is 5.75 Å². The summed E-state index contributed by atoms with van der Waals surface area (Å²) in [6, 6.07) is 12.0. The number of ether oxygens (including phenoxy) is 1. The molecule has 2 N–H and O–H groups in total. The Kier molecular flexibility index (Phi) is 10.8. The number of aromatic nitrogens is 5. The van der Waals surface area contributed by atoms with Gasteiger partial charge in [0.2, 0.25) is 17.7 Å². The van der Waals surface area contributed by atoms with Crippen LogP contribution in [0.5, 0.6) is 5.75 Å². The molecule has 3 fully saturated rings. The number of imide groups is 1. The molecule has 4 amide bonds. The molecular formula is C42H47F2N9O5. The van der Waals surface area contributed by atoms with Gasteiger partial charge in [-0.25, -0.2) is 18.7 Å². The van der Waals surface area contributed by atoms with Crippen molar-refractivity contribution < 1.29 is 32.7 Å². The van der Waals surface area contributed by atoms with Crippen LogP contribution in [0, 0.1) is 5.92 Å². The predicted octanol–water partition coefficient (Wildman–Crippen LogP) is 6.13.